The van der Waals surface area contributed by atoms with Crippen molar-refractivity contribution in [3.05, 3.63) is 35.9 Å². The standard InChI is InChI=1S/C15H23NO/c1-3-14(12-7-5-4-6-8-12)16(2)11-15(17)13-9-10-13/h4-8,13-15,17H,3,9-11H2,1-2H3. The van der Waals surface area contributed by atoms with Gasteiger partial charge in [-0.15, -0.1) is 0 Å². The van der Waals surface area contributed by atoms with Crippen molar-refractivity contribution in [3.63, 3.8) is 0 Å². The van der Waals surface area contributed by atoms with Crippen molar-refractivity contribution in [1.29, 1.82) is 0 Å². The monoisotopic (exact) mass is 233 g/mol. The first-order valence-electron chi connectivity index (χ1n) is 6.65. The third-order valence-corrected chi connectivity index (χ3v) is 3.74. The third kappa shape index (κ3) is 3.30. The maximum Gasteiger partial charge on any atom is 0.0695 e. The van der Waals surface area contributed by atoms with Crippen molar-refractivity contribution in [1.82, 2.24) is 4.90 Å². The Bertz CT molecular complexity index is 334. The zero-order valence-corrected chi connectivity index (χ0v) is 10.8. The van der Waals surface area contributed by atoms with Crippen molar-refractivity contribution >= 4 is 0 Å². The molecule has 2 atom stereocenters. The van der Waals surface area contributed by atoms with Crippen molar-refractivity contribution < 1.29 is 5.11 Å². The molecule has 1 aliphatic rings. The highest BCUT2D eigenvalue weighted by atomic mass is 16.3. The number of rotatable bonds is 6. The van der Waals surface area contributed by atoms with Crippen LogP contribution in [0, 0.1) is 5.92 Å². The van der Waals surface area contributed by atoms with Gasteiger partial charge in [-0.2, -0.15) is 0 Å². The second-order valence-electron chi connectivity index (χ2n) is 5.18. The van der Waals surface area contributed by atoms with Gasteiger partial charge in [-0.05, 0) is 37.8 Å². The molecule has 2 nitrogen and oxygen atoms in total. The molecule has 2 heteroatoms. The van der Waals surface area contributed by atoms with E-state index in [0.29, 0.717) is 12.0 Å². The molecule has 0 aliphatic heterocycles. The highest BCUT2D eigenvalue weighted by Gasteiger charge is 2.31. The Morgan fingerprint density at radius 2 is 1.94 bits per heavy atom. The Kier molecular flexibility index (Phi) is 4.19. The number of aliphatic hydroxyl groups is 1. The summed E-state index contributed by atoms with van der Waals surface area (Å²) in [6.07, 6.45) is 3.35. The maximum atomic E-state index is 10.0. The number of hydrogen-bond donors (Lipinski definition) is 1. The van der Waals surface area contributed by atoms with Crippen molar-refractivity contribution in [2.75, 3.05) is 13.6 Å². The summed E-state index contributed by atoms with van der Waals surface area (Å²) in [7, 11) is 2.12. The Hall–Kier alpha value is -0.860. The van der Waals surface area contributed by atoms with Crippen LogP contribution < -0.4 is 0 Å². The van der Waals surface area contributed by atoms with Gasteiger partial charge in [0.05, 0.1) is 6.10 Å². The number of likely N-dealkylation sites (N-methyl/N-ethyl adjacent to an activating group) is 1. The molecule has 2 unspecified atom stereocenters. The first-order chi connectivity index (χ1) is 8.22. The number of aliphatic hydroxyl groups excluding tert-OH is 1. The van der Waals surface area contributed by atoms with E-state index in [0.717, 1.165) is 13.0 Å². The molecular formula is C15H23NO. The smallest absolute Gasteiger partial charge is 0.0695 e. The Morgan fingerprint density at radius 1 is 1.29 bits per heavy atom. The van der Waals surface area contributed by atoms with E-state index in [1.807, 2.05) is 0 Å². The first-order valence-corrected chi connectivity index (χ1v) is 6.65. The third-order valence-electron chi connectivity index (χ3n) is 3.74. The molecule has 1 aromatic carbocycles. The van der Waals surface area contributed by atoms with E-state index >= 15 is 0 Å². The van der Waals surface area contributed by atoms with Gasteiger partial charge in [0.1, 0.15) is 0 Å². The zero-order valence-electron chi connectivity index (χ0n) is 10.8. The van der Waals surface area contributed by atoms with E-state index in [2.05, 4.69) is 49.2 Å². The predicted molar refractivity (Wildman–Crippen MR) is 70.8 cm³/mol. The topological polar surface area (TPSA) is 23.5 Å². The van der Waals surface area contributed by atoms with E-state index < -0.39 is 0 Å². The summed E-state index contributed by atoms with van der Waals surface area (Å²) in [5.74, 6) is 0.561. The van der Waals surface area contributed by atoms with Gasteiger partial charge < -0.3 is 5.11 Å². The Balaban J connectivity index is 1.97. The van der Waals surface area contributed by atoms with Gasteiger partial charge >= 0.3 is 0 Å². The average Bonchev–Trinajstić information content (AvgIpc) is 3.15. The highest BCUT2D eigenvalue weighted by molar-refractivity contribution is 5.18. The summed E-state index contributed by atoms with van der Waals surface area (Å²) < 4.78 is 0. The van der Waals surface area contributed by atoms with Crippen LogP contribution in [0.5, 0.6) is 0 Å². The molecule has 1 fully saturated rings. The Morgan fingerprint density at radius 3 is 2.47 bits per heavy atom. The molecule has 2 rings (SSSR count). The van der Waals surface area contributed by atoms with Crippen LogP contribution in [0.2, 0.25) is 0 Å². The van der Waals surface area contributed by atoms with Crippen molar-refractivity contribution in [2.24, 2.45) is 5.92 Å². The molecule has 1 aromatic rings. The number of benzene rings is 1. The zero-order chi connectivity index (χ0) is 12.3. The van der Waals surface area contributed by atoms with Crippen LogP contribution in [0.15, 0.2) is 30.3 Å². The molecule has 1 saturated carbocycles. The van der Waals surface area contributed by atoms with Crippen molar-refractivity contribution in [2.45, 2.75) is 38.3 Å². The Labute approximate surface area is 104 Å². The minimum Gasteiger partial charge on any atom is -0.392 e. The van der Waals surface area contributed by atoms with Gasteiger partial charge in [0, 0.05) is 12.6 Å². The molecule has 17 heavy (non-hydrogen) atoms. The van der Waals surface area contributed by atoms with Gasteiger partial charge in [-0.25, -0.2) is 0 Å². The predicted octanol–water partition coefficient (Wildman–Crippen LogP) is 2.84. The highest BCUT2D eigenvalue weighted by Crippen LogP contribution is 2.34. The molecule has 0 aromatic heterocycles. The largest absolute Gasteiger partial charge is 0.392 e. The summed E-state index contributed by atoms with van der Waals surface area (Å²) in [4.78, 5) is 2.29. The molecule has 1 N–H and O–H groups in total. The van der Waals surface area contributed by atoms with Gasteiger partial charge in [0.2, 0.25) is 0 Å². The SMILES string of the molecule is CCC(c1ccccc1)N(C)CC(O)C1CC1. The minimum atomic E-state index is -0.141. The van der Waals surface area contributed by atoms with Crippen LogP contribution in [0.3, 0.4) is 0 Å². The minimum absolute atomic E-state index is 0.141. The molecular weight excluding hydrogens is 210 g/mol. The number of hydrogen-bond acceptors (Lipinski definition) is 2. The quantitative estimate of drug-likeness (QED) is 0.816. The fourth-order valence-corrected chi connectivity index (χ4v) is 2.53. The molecule has 94 valence electrons. The molecule has 0 saturated heterocycles. The van der Waals surface area contributed by atoms with Crippen LogP contribution in [0.25, 0.3) is 0 Å². The van der Waals surface area contributed by atoms with Gasteiger partial charge in [0.15, 0.2) is 0 Å². The van der Waals surface area contributed by atoms with E-state index in [9.17, 15) is 5.11 Å². The van der Waals surface area contributed by atoms with Gasteiger partial charge in [-0.3, -0.25) is 4.90 Å². The normalized spacial score (nSPS) is 19.3. The molecule has 0 spiro atoms. The van der Waals surface area contributed by atoms with Crippen LogP contribution in [0.1, 0.15) is 37.8 Å². The van der Waals surface area contributed by atoms with Crippen LogP contribution in [0.4, 0.5) is 0 Å². The second kappa shape index (κ2) is 5.65. The lowest BCUT2D eigenvalue weighted by molar-refractivity contribution is 0.0864. The second-order valence-corrected chi connectivity index (χ2v) is 5.18. The van der Waals surface area contributed by atoms with Gasteiger partial charge in [-0.1, -0.05) is 37.3 Å². The van der Waals surface area contributed by atoms with E-state index in [4.69, 9.17) is 0 Å². The molecule has 1 aliphatic carbocycles. The lowest BCUT2D eigenvalue weighted by Gasteiger charge is -2.29. The van der Waals surface area contributed by atoms with E-state index in [-0.39, 0.29) is 6.10 Å². The number of nitrogens with zero attached hydrogens (tertiary/aromatic N) is 1. The van der Waals surface area contributed by atoms with E-state index in [1.165, 1.54) is 18.4 Å². The summed E-state index contributed by atoms with van der Waals surface area (Å²) in [6.45, 7) is 3.00. The molecule has 0 amide bonds. The summed E-state index contributed by atoms with van der Waals surface area (Å²) in [5.41, 5.74) is 1.35. The average molecular weight is 233 g/mol. The molecule has 0 radical (unpaired) electrons. The molecule has 0 bridgehead atoms. The lowest BCUT2D eigenvalue weighted by Crippen LogP contribution is -2.33. The first kappa shape index (κ1) is 12.6. The fourth-order valence-electron chi connectivity index (χ4n) is 2.53. The van der Waals surface area contributed by atoms with Crippen LogP contribution >= 0.6 is 0 Å². The molecule has 0 heterocycles. The summed E-state index contributed by atoms with van der Waals surface area (Å²) in [6, 6.07) is 11.0. The maximum absolute atomic E-state index is 10.0. The van der Waals surface area contributed by atoms with Crippen LogP contribution in [-0.4, -0.2) is 29.7 Å². The van der Waals surface area contributed by atoms with Crippen LogP contribution in [-0.2, 0) is 0 Å². The van der Waals surface area contributed by atoms with Gasteiger partial charge in [0.25, 0.3) is 0 Å². The van der Waals surface area contributed by atoms with Crippen molar-refractivity contribution in [3.8, 4) is 0 Å². The van der Waals surface area contributed by atoms with E-state index in [1.54, 1.807) is 0 Å². The fraction of sp³-hybridized carbons (Fsp3) is 0.600. The summed E-state index contributed by atoms with van der Waals surface area (Å²) in [5, 5.41) is 10.0. The summed E-state index contributed by atoms with van der Waals surface area (Å²) >= 11 is 0. The lowest BCUT2D eigenvalue weighted by atomic mass is 10.0.